The van der Waals surface area contributed by atoms with Gasteiger partial charge in [0.05, 0.1) is 31.5 Å². The zero-order valence-electron chi connectivity index (χ0n) is 20.7. The molecule has 0 aliphatic carbocycles. The lowest BCUT2D eigenvalue weighted by Crippen LogP contribution is -2.71. The Labute approximate surface area is 226 Å². The van der Waals surface area contributed by atoms with Crippen LogP contribution in [0.5, 0.6) is 0 Å². The lowest BCUT2D eigenvalue weighted by Gasteiger charge is -2.55. The molecule has 1 aromatic heterocycles. The number of fused-ring (bicyclic) bond motifs is 4. The third-order valence-corrected chi connectivity index (χ3v) is 9.95. The van der Waals surface area contributed by atoms with Gasteiger partial charge < -0.3 is 31.2 Å². The van der Waals surface area contributed by atoms with E-state index in [2.05, 4.69) is 19.8 Å². The number of amides is 3. The Morgan fingerprint density at radius 1 is 1.29 bits per heavy atom. The number of piperidine rings is 3. The lowest BCUT2D eigenvalue weighted by atomic mass is 9.70. The number of anilines is 1. The first-order chi connectivity index (χ1) is 18.1. The van der Waals surface area contributed by atoms with Gasteiger partial charge in [-0.15, -0.1) is 11.8 Å². The molecule has 5 aliphatic rings. The predicted molar refractivity (Wildman–Crippen MR) is 137 cm³/mol. The Balaban J connectivity index is 1.33. The summed E-state index contributed by atoms with van der Waals surface area (Å²) < 4.78 is 4.75. The molecule has 4 saturated heterocycles. The molecule has 6 rings (SSSR count). The largest absolute Gasteiger partial charge is 0.481 e. The van der Waals surface area contributed by atoms with E-state index in [4.69, 9.17) is 16.3 Å². The second-order valence-electron chi connectivity index (χ2n) is 10.1. The number of β-lactam (4-membered cyclic amide) rings is 1. The minimum atomic E-state index is -1.03. The van der Waals surface area contributed by atoms with Gasteiger partial charge in [0, 0.05) is 47.8 Å². The third kappa shape index (κ3) is 4.49. The van der Waals surface area contributed by atoms with E-state index in [9.17, 15) is 24.3 Å². The van der Waals surface area contributed by atoms with Gasteiger partial charge in [0.1, 0.15) is 25.1 Å². The summed E-state index contributed by atoms with van der Waals surface area (Å²) >= 11 is 2.37. The molecule has 6 N–H and O–H groups in total. The van der Waals surface area contributed by atoms with Crippen LogP contribution >= 0.6 is 23.3 Å². The zero-order valence-corrected chi connectivity index (χ0v) is 22.3. The van der Waals surface area contributed by atoms with Crippen molar-refractivity contribution in [1.82, 2.24) is 19.6 Å². The van der Waals surface area contributed by atoms with Crippen molar-refractivity contribution < 1.29 is 33.6 Å². The van der Waals surface area contributed by atoms with Crippen LogP contribution < -0.4 is 16.8 Å². The molecule has 1 aromatic rings. The van der Waals surface area contributed by atoms with Gasteiger partial charge in [0.2, 0.25) is 17.4 Å². The number of carboxylic acid groups (broad SMARTS) is 1. The third-order valence-electron chi connectivity index (χ3n) is 8.07. The number of hydrogen-bond acceptors (Lipinski definition) is 11. The molecule has 0 saturated carbocycles. The number of aromatic nitrogens is 2. The van der Waals surface area contributed by atoms with Crippen LogP contribution in [0.2, 0.25) is 0 Å². The van der Waals surface area contributed by atoms with Gasteiger partial charge >= 0.3 is 5.97 Å². The van der Waals surface area contributed by atoms with Gasteiger partial charge in [0.25, 0.3) is 11.8 Å². The molecule has 6 heterocycles. The monoisotopic (exact) mass is 565 g/mol. The summed E-state index contributed by atoms with van der Waals surface area (Å²) in [6.45, 7) is 3.01. The van der Waals surface area contributed by atoms with Crippen LogP contribution in [0.4, 0.5) is 5.13 Å². The number of nitrogens with zero attached hydrogens (tertiary/aromatic N) is 5. The highest BCUT2D eigenvalue weighted by molar-refractivity contribution is 8.00. The summed E-state index contributed by atoms with van der Waals surface area (Å²) in [7, 11) is 1.27. The van der Waals surface area contributed by atoms with Crippen LogP contribution in [-0.2, 0) is 24.0 Å². The van der Waals surface area contributed by atoms with E-state index in [0.717, 1.165) is 60.5 Å². The topological polar surface area (TPSA) is 203 Å². The van der Waals surface area contributed by atoms with E-state index < -0.39 is 34.6 Å². The number of carbonyl (C=O) groups excluding carboxylic acids is 3. The van der Waals surface area contributed by atoms with Crippen LogP contribution in [0.15, 0.2) is 16.4 Å². The van der Waals surface area contributed by atoms with E-state index in [1.165, 1.54) is 23.8 Å². The van der Waals surface area contributed by atoms with Gasteiger partial charge in [-0.05, 0) is 0 Å². The van der Waals surface area contributed by atoms with Crippen molar-refractivity contribution in [2.45, 2.75) is 37.1 Å². The number of carbonyl (C=O) groups is 4. The molecular formula is C22H29N8O6S2+. The van der Waals surface area contributed by atoms with Crippen LogP contribution in [-0.4, -0.2) is 104 Å². The molecular weight excluding hydrogens is 536 g/mol. The molecule has 0 unspecified atom stereocenters. The normalized spacial score (nSPS) is 30.5. The number of nitrogen functional groups attached to an aromatic ring is 1. The number of nitrogens with two attached hydrogens (primary N) is 2. The van der Waals surface area contributed by atoms with Gasteiger partial charge in [0.15, 0.2) is 5.13 Å². The SMILES string of the molecule is CON=C(C(=O)N[C@@H]1C(=O)N2C(CC(=O)O)=C(C[N+]34CCC(C(N)=O)(CC3)CC4)CS[C@@H]12)c1nsc(N)n1. The summed E-state index contributed by atoms with van der Waals surface area (Å²) in [5.41, 5.74) is 12.1. The Kier molecular flexibility index (Phi) is 6.81. The number of oxime groups is 1. The predicted octanol–water partition coefficient (Wildman–Crippen LogP) is -0.914. The fourth-order valence-electron chi connectivity index (χ4n) is 5.88. The average molecular weight is 566 g/mol. The van der Waals surface area contributed by atoms with Gasteiger partial charge in [-0.2, -0.15) is 9.36 Å². The number of nitrogens with one attached hydrogen (secondary N) is 1. The van der Waals surface area contributed by atoms with Crippen molar-refractivity contribution in [2.75, 3.05) is 44.8 Å². The second kappa shape index (κ2) is 9.81. The zero-order chi connectivity index (χ0) is 27.2. The summed E-state index contributed by atoms with van der Waals surface area (Å²) in [6.07, 6.45) is 1.88. The first-order valence-corrected chi connectivity index (χ1v) is 13.9. The maximum absolute atomic E-state index is 13.3. The number of quaternary nitrogens is 1. The maximum Gasteiger partial charge on any atom is 0.309 e. The van der Waals surface area contributed by atoms with E-state index in [1.807, 2.05) is 0 Å². The molecule has 204 valence electrons. The van der Waals surface area contributed by atoms with E-state index in [0.29, 0.717) is 18.0 Å². The minimum absolute atomic E-state index is 0.0159. The number of carboxylic acids is 1. The highest BCUT2D eigenvalue weighted by Crippen LogP contribution is 2.46. The van der Waals surface area contributed by atoms with Crippen LogP contribution in [0.3, 0.4) is 0 Å². The highest BCUT2D eigenvalue weighted by Gasteiger charge is 2.56. The fraction of sp³-hybridized carbons (Fsp3) is 0.591. The first kappa shape index (κ1) is 26.4. The summed E-state index contributed by atoms with van der Waals surface area (Å²) in [5, 5.41) is 15.7. The van der Waals surface area contributed by atoms with Crippen LogP contribution in [0, 0.1) is 5.41 Å². The standard InChI is InChI=1S/C22H28N8O6S2/c1-36-27-14(16-26-21(24)38-28-16)17(33)25-15-18(34)29-12(8-13(31)32)11(10-37-19(15)29)9-30-5-2-22(3-6-30,4-7-30)20(23)35/h15,19H,2-10H2,1H3,(H5-,23,24,25,26,28,31,32,33,35)/p+1/t15-,19+,22?,30?/m1/s1. The summed E-state index contributed by atoms with van der Waals surface area (Å²) in [4.78, 5) is 60.2. The van der Waals surface area contributed by atoms with Crippen LogP contribution in [0.25, 0.3) is 0 Å². The van der Waals surface area contributed by atoms with E-state index in [-0.39, 0.29) is 29.0 Å². The fourth-order valence-corrected chi connectivity index (χ4v) is 7.70. The van der Waals surface area contributed by atoms with Gasteiger partial charge in [-0.3, -0.25) is 24.1 Å². The lowest BCUT2D eigenvalue weighted by molar-refractivity contribution is -0.940. The number of primary amides is 1. The molecule has 2 atom stereocenters. The Morgan fingerprint density at radius 2 is 1.97 bits per heavy atom. The summed E-state index contributed by atoms with van der Waals surface area (Å²) in [5.74, 6) is -1.84. The maximum atomic E-state index is 13.3. The molecule has 0 radical (unpaired) electrons. The Morgan fingerprint density at radius 3 is 2.53 bits per heavy atom. The molecule has 2 bridgehead atoms. The molecule has 3 amide bonds. The molecule has 14 nitrogen and oxygen atoms in total. The van der Waals surface area contributed by atoms with E-state index >= 15 is 0 Å². The van der Waals surface area contributed by atoms with Crippen molar-refractivity contribution in [3.63, 3.8) is 0 Å². The first-order valence-electron chi connectivity index (χ1n) is 12.1. The number of rotatable bonds is 9. The highest BCUT2D eigenvalue weighted by atomic mass is 32.2. The minimum Gasteiger partial charge on any atom is -0.481 e. The van der Waals surface area contributed by atoms with Gasteiger partial charge in [-0.25, -0.2) is 0 Å². The Hall–Kier alpha value is -3.24. The van der Waals surface area contributed by atoms with Crippen molar-refractivity contribution >= 4 is 57.8 Å². The number of hydrogen-bond donors (Lipinski definition) is 4. The number of aliphatic carboxylic acids is 1. The number of thioether (sulfide) groups is 1. The van der Waals surface area contributed by atoms with Gasteiger partial charge in [-0.1, -0.05) is 5.16 Å². The quantitative estimate of drug-likeness (QED) is 0.126. The molecule has 16 heteroatoms. The smallest absolute Gasteiger partial charge is 0.309 e. The molecule has 0 aromatic carbocycles. The Bertz CT molecular complexity index is 1240. The van der Waals surface area contributed by atoms with E-state index in [1.54, 1.807) is 0 Å². The molecule has 5 aliphatic heterocycles. The van der Waals surface area contributed by atoms with Crippen molar-refractivity contribution in [3.05, 3.63) is 17.1 Å². The van der Waals surface area contributed by atoms with Crippen molar-refractivity contribution in [1.29, 1.82) is 0 Å². The van der Waals surface area contributed by atoms with Crippen molar-refractivity contribution in [3.8, 4) is 0 Å². The molecule has 0 spiro atoms. The summed E-state index contributed by atoms with van der Waals surface area (Å²) in [6, 6.07) is -0.871. The average Bonchev–Trinajstić information content (AvgIpc) is 3.32. The molecule has 4 fully saturated rings. The van der Waals surface area contributed by atoms with Crippen LogP contribution in [0.1, 0.15) is 31.5 Å². The second-order valence-corrected chi connectivity index (χ2v) is 12.0. The van der Waals surface area contributed by atoms with Crippen molar-refractivity contribution in [2.24, 2.45) is 16.3 Å². The molecule has 38 heavy (non-hydrogen) atoms.